The number of phosphoric acid groups is 1. The summed E-state index contributed by atoms with van der Waals surface area (Å²) in [4.78, 5) is 24.9. The Balaban J connectivity index is 2.30. The van der Waals surface area contributed by atoms with E-state index in [1.807, 2.05) is 27.2 Å². The highest BCUT2D eigenvalue weighted by atomic mass is 31.2. The number of rotatable bonds is 39. The number of ether oxygens (including phenoxy) is 3. The van der Waals surface area contributed by atoms with E-state index >= 15 is 0 Å². The molecule has 0 N–H and O–H groups in total. The molecule has 0 amide bonds. The van der Waals surface area contributed by atoms with Gasteiger partial charge in [0.1, 0.15) is 19.8 Å². The van der Waals surface area contributed by atoms with Crippen LogP contribution in [-0.2, 0) is 32.6 Å². The van der Waals surface area contributed by atoms with Gasteiger partial charge in [0.2, 0.25) is 0 Å². The zero-order valence-corrected chi connectivity index (χ0v) is 37.2. The molecular weight excluding hydrogens is 725 g/mol. The van der Waals surface area contributed by atoms with E-state index < -0.39 is 13.9 Å². The van der Waals surface area contributed by atoms with Gasteiger partial charge in [-0.15, -0.1) is 0 Å². The zero-order chi connectivity index (χ0) is 41.0. The monoisotopic (exact) mass is 808 g/mol. The number of phosphoric ester groups is 1. The number of likely N-dealkylation sites (N-methyl/N-ethyl adjacent to an activating group) is 1. The number of quaternary nitrogens is 1. The number of hydrogen-bond acceptors (Lipinski definition) is 8. The highest BCUT2D eigenvalue weighted by Gasteiger charge is 2.36. The van der Waals surface area contributed by atoms with Crippen LogP contribution in [0.1, 0.15) is 162 Å². The van der Waals surface area contributed by atoms with Gasteiger partial charge in [-0.1, -0.05) is 120 Å². The second-order valence-electron chi connectivity index (χ2n) is 16.1. The second-order valence-corrected chi connectivity index (χ2v) is 17.6. The van der Waals surface area contributed by atoms with E-state index in [9.17, 15) is 14.3 Å². The van der Waals surface area contributed by atoms with Crippen LogP contribution in [0.3, 0.4) is 0 Å². The minimum absolute atomic E-state index is 0.0122. The fraction of sp³-hybridized carbons (Fsp3) is 0.761. The van der Waals surface area contributed by atoms with Crippen LogP contribution >= 0.6 is 7.82 Å². The van der Waals surface area contributed by atoms with Crippen LogP contribution in [0.2, 0.25) is 0 Å². The van der Waals surface area contributed by atoms with Gasteiger partial charge in [-0.05, 0) is 89.5 Å². The van der Waals surface area contributed by atoms with Crippen LogP contribution in [0.25, 0.3) is 0 Å². The van der Waals surface area contributed by atoms with Gasteiger partial charge in [-0.2, -0.15) is 0 Å². The highest BCUT2D eigenvalue weighted by molar-refractivity contribution is 7.45. The van der Waals surface area contributed by atoms with Gasteiger partial charge in [0.25, 0.3) is 7.82 Å². The van der Waals surface area contributed by atoms with Crippen molar-refractivity contribution in [3.63, 3.8) is 0 Å². The molecule has 0 spiro atoms. The first-order valence-corrected chi connectivity index (χ1v) is 23.6. The van der Waals surface area contributed by atoms with Crippen molar-refractivity contribution in [1.82, 2.24) is 0 Å². The topological polar surface area (TPSA) is 107 Å². The first-order valence-electron chi connectivity index (χ1n) is 22.2. The Hall–Kier alpha value is -2.00. The van der Waals surface area contributed by atoms with Crippen LogP contribution in [0.15, 0.2) is 60.9 Å². The smallest absolute Gasteiger partial charge is 0.305 e. The Morgan fingerprint density at radius 2 is 1.16 bits per heavy atom. The molecule has 1 saturated heterocycles. The summed E-state index contributed by atoms with van der Waals surface area (Å²) in [7, 11) is 1.31. The number of hydrogen-bond donors (Lipinski definition) is 0. The van der Waals surface area contributed by atoms with Crippen molar-refractivity contribution in [2.75, 3.05) is 47.5 Å². The predicted octanol–water partition coefficient (Wildman–Crippen LogP) is 11.6. The van der Waals surface area contributed by atoms with Crippen LogP contribution in [0.5, 0.6) is 0 Å². The zero-order valence-electron chi connectivity index (χ0n) is 36.3. The summed E-state index contributed by atoms with van der Waals surface area (Å²) in [5.74, 6) is -0.355. The van der Waals surface area contributed by atoms with Gasteiger partial charge in [-0.25, -0.2) is 0 Å². The Kier molecular flexibility index (Phi) is 32.5. The largest absolute Gasteiger partial charge is 0.756 e. The molecule has 1 fully saturated rings. The number of carbonyl (C=O) groups excluding carboxylic acids is 1. The number of esters is 1. The molecule has 1 rings (SSSR count). The minimum atomic E-state index is -4.54. The SMILES string of the molecule is CCCCC/C=C\C/C=C\CC1OC1C/C=C\CCCC(=O)OC[C@H](COP(=O)([O-])OCC[N+](C)(C)C)O/C=C/CCCCCCCC/C=C\CCCCCC. The Morgan fingerprint density at radius 1 is 0.661 bits per heavy atom. The van der Waals surface area contributed by atoms with Crippen molar-refractivity contribution >= 4 is 13.8 Å². The lowest BCUT2D eigenvalue weighted by molar-refractivity contribution is -0.870. The summed E-state index contributed by atoms with van der Waals surface area (Å²) >= 11 is 0. The van der Waals surface area contributed by atoms with E-state index in [2.05, 4.69) is 62.5 Å². The third-order valence-electron chi connectivity index (χ3n) is 9.53. The molecule has 324 valence electrons. The molecule has 3 unspecified atom stereocenters. The van der Waals surface area contributed by atoms with Crippen LogP contribution in [-0.4, -0.2) is 76.3 Å². The number of epoxide rings is 1. The van der Waals surface area contributed by atoms with Gasteiger partial charge >= 0.3 is 5.97 Å². The van der Waals surface area contributed by atoms with E-state index in [0.29, 0.717) is 23.6 Å². The lowest BCUT2D eigenvalue weighted by atomic mass is 10.1. The van der Waals surface area contributed by atoms with Crippen molar-refractivity contribution in [3.05, 3.63) is 60.9 Å². The summed E-state index contributed by atoms with van der Waals surface area (Å²) in [5.41, 5.74) is 0. The Bertz CT molecular complexity index is 1140. The molecule has 56 heavy (non-hydrogen) atoms. The summed E-state index contributed by atoms with van der Waals surface area (Å²) in [6.45, 7) is 4.57. The minimum Gasteiger partial charge on any atom is -0.756 e. The van der Waals surface area contributed by atoms with E-state index in [0.717, 1.165) is 44.9 Å². The van der Waals surface area contributed by atoms with Gasteiger partial charge in [0.05, 0.1) is 46.2 Å². The van der Waals surface area contributed by atoms with Gasteiger partial charge in [0, 0.05) is 6.42 Å². The molecule has 10 heteroatoms. The lowest BCUT2D eigenvalue weighted by Gasteiger charge is -2.28. The maximum absolute atomic E-state index is 12.5. The molecular formula is C46H82NO8P. The van der Waals surface area contributed by atoms with Crippen LogP contribution in [0.4, 0.5) is 0 Å². The molecule has 9 nitrogen and oxygen atoms in total. The lowest BCUT2D eigenvalue weighted by Crippen LogP contribution is -2.37. The third kappa shape index (κ3) is 35.2. The summed E-state index contributed by atoms with van der Waals surface area (Å²) in [6.07, 6.45) is 46.5. The standard InChI is InChI=1S/C46H82NO8P/c1-6-8-10-12-14-16-17-18-19-20-21-22-24-26-30-34-39-51-43(42-54-56(49,50)53-40-38-47(3,4)5)41-52-46(48)37-33-29-28-32-36-45-44(55-45)35-31-27-25-23-15-13-11-9-7-2/h15-17,23,27-28,31-32,34,39,43-45H,6-14,18-22,24-26,29-30,33,35-38,40-42H2,1-5H3/b17-16-,23-15-,31-27-,32-28-,39-34+/t43-,44?,45?/m1/s1. The number of nitrogens with zero attached hydrogens (tertiary/aromatic N) is 1. The number of carbonyl (C=O) groups is 1. The van der Waals surface area contributed by atoms with E-state index in [-0.39, 0.29) is 38.3 Å². The van der Waals surface area contributed by atoms with Gasteiger partial charge in [0.15, 0.2) is 6.10 Å². The molecule has 0 saturated carbocycles. The van der Waals surface area contributed by atoms with Crippen molar-refractivity contribution < 1.29 is 42.0 Å². The molecule has 0 aliphatic carbocycles. The molecule has 0 bridgehead atoms. The van der Waals surface area contributed by atoms with Gasteiger partial charge < -0.3 is 32.6 Å². The van der Waals surface area contributed by atoms with E-state index in [4.69, 9.17) is 23.3 Å². The summed E-state index contributed by atoms with van der Waals surface area (Å²) in [5, 5.41) is 0. The molecule has 1 aliphatic rings. The summed E-state index contributed by atoms with van der Waals surface area (Å²) in [6, 6.07) is 0. The van der Waals surface area contributed by atoms with Gasteiger partial charge in [-0.3, -0.25) is 9.36 Å². The van der Waals surface area contributed by atoms with E-state index in [1.54, 1.807) is 6.26 Å². The Labute approximate surface area is 343 Å². The van der Waals surface area contributed by atoms with Crippen molar-refractivity contribution in [2.45, 2.75) is 180 Å². The second kappa shape index (κ2) is 35.0. The van der Waals surface area contributed by atoms with E-state index in [1.165, 1.54) is 89.9 Å². The van der Waals surface area contributed by atoms with Crippen molar-refractivity contribution in [1.29, 1.82) is 0 Å². The third-order valence-corrected chi connectivity index (χ3v) is 10.5. The maximum atomic E-state index is 12.5. The summed E-state index contributed by atoms with van der Waals surface area (Å²) < 4.78 is 40.1. The molecule has 0 aromatic heterocycles. The predicted molar refractivity (Wildman–Crippen MR) is 230 cm³/mol. The normalized spacial score (nSPS) is 17.9. The van der Waals surface area contributed by atoms with Crippen LogP contribution in [0, 0.1) is 0 Å². The number of allylic oxidation sites excluding steroid dienone is 7. The molecule has 4 atom stereocenters. The fourth-order valence-corrected chi connectivity index (χ4v) is 6.58. The van der Waals surface area contributed by atoms with Crippen molar-refractivity contribution in [3.8, 4) is 0 Å². The highest BCUT2D eigenvalue weighted by Crippen LogP contribution is 2.38. The molecule has 0 radical (unpaired) electrons. The quantitative estimate of drug-likeness (QED) is 0.0115. The Morgan fingerprint density at radius 3 is 1.80 bits per heavy atom. The number of unbranched alkanes of at least 4 members (excludes halogenated alkanes) is 15. The average molecular weight is 808 g/mol. The first-order chi connectivity index (χ1) is 27.1. The molecule has 1 aliphatic heterocycles. The van der Waals surface area contributed by atoms with Crippen LogP contribution < -0.4 is 4.89 Å². The molecule has 0 aromatic carbocycles. The average Bonchev–Trinajstić information content (AvgIpc) is 3.91. The van der Waals surface area contributed by atoms with Crippen molar-refractivity contribution in [2.24, 2.45) is 0 Å². The molecule has 0 aromatic rings. The fourth-order valence-electron chi connectivity index (χ4n) is 5.85. The molecule has 1 heterocycles. The first kappa shape index (κ1) is 52.0. The maximum Gasteiger partial charge on any atom is 0.305 e.